The van der Waals surface area contributed by atoms with Gasteiger partial charge in [0, 0.05) is 13.0 Å². The highest BCUT2D eigenvalue weighted by molar-refractivity contribution is 5.76. The van der Waals surface area contributed by atoms with Crippen molar-refractivity contribution in [3.05, 3.63) is 0 Å². The average Bonchev–Trinajstić information content (AvgIpc) is 2.52. The summed E-state index contributed by atoms with van der Waals surface area (Å²) >= 11 is 0. The lowest BCUT2D eigenvalue weighted by Crippen LogP contribution is -2.27. The molecule has 0 atom stereocenters. The van der Waals surface area contributed by atoms with E-state index in [-0.39, 0.29) is 5.91 Å². The summed E-state index contributed by atoms with van der Waals surface area (Å²) in [6.07, 6.45) is 2.76. The van der Waals surface area contributed by atoms with Crippen molar-refractivity contribution in [1.29, 1.82) is 0 Å². The summed E-state index contributed by atoms with van der Waals surface area (Å²) in [5.74, 6) is 0.240. The molecule has 0 spiro atoms. The SMILES string of the molecule is CCCCC(=O)N1CCOC1. The number of nitrogens with zero attached hydrogens (tertiary/aromatic N) is 1. The number of carbonyl (C=O) groups excluding carboxylic acids is 1. The van der Waals surface area contributed by atoms with Crippen LogP contribution in [-0.2, 0) is 9.53 Å². The van der Waals surface area contributed by atoms with E-state index >= 15 is 0 Å². The maximum absolute atomic E-state index is 11.3. The Kier molecular flexibility index (Phi) is 3.36. The third-order valence-corrected chi connectivity index (χ3v) is 1.85. The molecule has 0 aromatic heterocycles. The van der Waals surface area contributed by atoms with Crippen molar-refractivity contribution in [2.75, 3.05) is 19.9 Å². The van der Waals surface area contributed by atoms with Crippen molar-refractivity contribution in [2.45, 2.75) is 26.2 Å². The maximum Gasteiger partial charge on any atom is 0.224 e. The minimum absolute atomic E-state index is 0.240. The summed E-state index contributed by atoms with van der Waals surface area (Å²) in [5, 5.41) is 0. The molecule has 1 rings (SSSR count). The standard InChI is InChI=1S/C8H15NO2/c1-2-3-4-8(10)9-5-6-11-7-9/h2-7H2,1H3. The Morgan fingerprint density at radius 2 is 2.45 bits per heavy atom. The van der Waals surface area contributed by atoms with Gasteiger partial charge in [-0.2, -0.15) is 0 Å². The van der Waals surface area contributed by atoms with Crippen LogP contribution in [0.25, 0.3) is 0 Å². The van der Waals surface area contributed by atoms with Crippen LogP contribution >= 0.6 is 0 Å². The topological polar surface area (TPSA) is 29.5 Å². The minimum atomic E-state index is 0.240. The average molecular weight is 157 g/mol. The van der Waals surface area contributed by atoms with Crippen LogP contribution in [0.15, 0.2) is 0 Å². The number of ether oxygens (including phenoxy) is 1. The summed E-state index contributed by atoms with van der Waals surface area (Å²) < 4.78 is 5.06. The molecule has 0 unspecified atom stereocenters. The van der Waals surface area contributed by atoms with Crippen molar-refractivity contribution >= 4 is 5.91 Å². The largest absolute Gasteiger partial charge is 0.359 e. The maximum atomic E-state index is 11.3. The highest BCUT2D eigenvalue weighted by atomic mass is 16.5. The summed E-state index contributed by atoms with van der Waals surface area (Å²) in [4.78, 5) is 13.0. The van der Waals surface area contributed by atoms with Gasteiger partial charge < -0.3 is 9.64 Å². The van der Waals surface area contributed by atoms with E-state index < -0.39 is 0 Å². The third-order valence-electron chi connectivity index (χ3n) is 1.85. The van der Waals surface area contributed by atoms with Crippen LogP contribution in [0.1, 0.15) is 26.2 Å². The Morgan fingerprint density at radius 1 is 1.64 bits per heavy atom. The quantitative estimate of drug-likeness (QED) is 0.611. The molecule has 3 heteroatoms. The molecule has 0 aromatic carbocycles. The Bertz CT molecular complexity index is 130. The van der Waals surface area contributed by atoms with Crippen LogP contribution in [0.4, 0.5) is 0 Å². The van der Waals surface area contributed by atoms with Gasteiger partial charge >= 0.3 is 0 Å². The van der Waals surface area contributed by atoms with E-state index in [0.29, 0.717) is 19.8 Å². The van der Waals surface area contributed by atoms with Gasteiger partial charge in [0.2, 0.25) is 5.91 Å². The Morgan fingerprint density at radius 3 is 3.00 bits per heavy atom. The highest BCUT2D eigenvalue weighted by Crippen LogP contribution is 2.04. The molecular weight excluding hydrogens is 142 g/mol. The van der Waals surface area contributed by atoms with Crippen molar-refractivity contribution in [3.63, 3.8) is 0 Å². The summed E-state index contributed by atoms with van der Waals surface area (Å²) in [5.41, 5.74) is 0. The fraction of sp³-hybridized carbons (Fsp3) is 0.875. The fourth-order valence-electron chi connectivity index (χ4n) is 1.10. The molecule has 1 aliphatic rings. The first-order chi connectivity index (χ1) is 5.34. The van der Waals surface area contributed by atoms with Gasteiger partial charge in [-0.25, -0.2) is 0 Å². The summed E-state index contributed by atoms with van der Waals surface area (Å²) in [6.45, 7) is 4.08. The Hall–Kier alpha value is -0.570. The van der Waals surface area contributed by atoms with E-state index in [9.17, 15) is 4.79 Å². The van der Waals surface area contributed by atoms with Crippen molar-refractivity contribution < 1.29 is 9.53 Å². The lowest BCUT2D eigenvalue weighted by molar-refractivity contribution is -0.131. The number of rotatable bonds is 3. The van der Waals surface area contributed by atoms with Gasteiger partial charge in [-0.1, -0.05) is 13.3 Å². The van der Waals surface area contributed by atoms with Gasteiger partial charge in [0.05, 0.1) is 6.61 Å². The zero-order chi connectivity index (χ0) is 8.10. The van der Waals surface area contributed by atoms with Gasteiger partial charge in [-0.3, -0.25) is 4.79 Å². The van der Waals surface area contributed by atoms with Gasteiger partial charge in [-0.15, -0.1) is 0 Å². The van der Waals surface area contributed by atoms with E-state index in [4.69, 9.17) is 4.74 Å². The monoisotopic (exact) mass is 157 g/mol. The second-order valence-corrected chi connectivity index (χ2v) is 2.80. The molecular formula is C8H15NO2. The van der Waals surface area contributed by atoms with E-state index in [2.05, 4.69) is 6.92 Å². The third kappa shape index (κ3) is 2.50. The van der Waals surface area contributed by atoms with Crippen LogP contribution in [0.2, 0.25) is 0 Å². The molecule has 1 aliphatic heterocycles. The molecule has 0 radical (unpaired) electrons. The lowest BCUT2D eigenvalue weighted by atomic mass is 10.2. The first-order valence-corrected chi connectivity index (χ1v) is 4.20. The molecule has 11 heavy (non-hydrogen) atoms. The zero-order valence-corrected chi connectivity index (χ0v) is 7.01. The number of unbranched alkanes of at least 4 members (excludes halogenated alkanes) is 1. The van der Waals surface area contributed by atoms with Crippen LogP contribution in [0.5, 0.6) is 0 Å². The fourth-order valence-corrected chi connectivity index (χ4v) is 1.10. The first kappa shape index (κ1) is 8.53. The molecule has 3 nitrogen and oxygen atoms in total. The van der Waals surface area contributed by atoms with Crippen LogP contribution in [-0.4, -0.2) is 30.7 Å². The lowest BCUT2D eigenvalue weighted by Gasteiger charge is -2.12. The summed E-state index contributed by atoms with van der Waals surface area (Å²) in [7, 11) is 0. The highest BCUT2D eigenvalue weighted by Gasteiger charge is 2.16. The molecule has 0 aromatic rings. The molecule has 1 fully saturated rings. The van der Waals surface area contributed by atoms with E-state index in [1.807, 2.05) is 0 Å². The van der Waals surface area contributed by atoms with Gasteiger partial charge in [-0.05, 0) is 6.42 Å². The second kappa shape index (κ2) is 4.34. The van der Waals surface area contributed by atoms with Crippen LogP contribution in [0.3, 0.4) is 0 Å². The predicted molar refractivity (Wildman–Crippen MR) is 42.1 cm³/mol. The first-order valence-electron chi connectivity index (χ1n) is 4.20. The van der Waals surface area contributed by atoms with E-state index in [1.54, 1.807) is 4.90 Å². The van der Waals surface area contributed by atoms with Crippen LogP contribution in [0, 0.1) is 0 Å². The second-order valence-electron chi connectivity index (χ2n) is 2.80. The molecule has 0 bridgehead atoms. The molecule has 0 aliphatic carbocycles. The molecule has 1 heterocycles. The van der Waals surface area contributed by atoms with Crippen molar-refractivity contribution in [2.24, 2.45) is 0 Å². The molecule has 0 N–H and O–H groups in total. The minimum Gasteiger partial charge on any atom is -0.359 e. The van der Waals surface area contributed by atoms with Crippen LogP contribution < -0.4 is 0 Å². The van der Waals surface area contributed by atoms with Gasteiger partial charge in [0.25, 0.3) is 0 Å². The molecule has 1 saturated heterocycles. The van der Waals surface area contributed by atoms with Crippen molar-refractivity contribution in [1.82, 2.24) is 4.90 Å². The van der Waals surface area contributed by atoms with E-state index in [1.165, 1.54) is 0 Å². The van der Waals surface area contributed by atoms with Crippen molar-refractivity contribution in [3.8, 4) is 0 Å². The predicted octanol–water partition coefficient (Wildman–Crippen LogP) is 0.993. The number of hydrogen-bond acceptors (Lipinski definition) is 2. The van der Waals surface area contributed by atoms with Gasteiger partial charge in [0.15, 0.2) is 0 Å². The van der Waals surface area contributed by atoms with E-state index in [0.717, 1.165) is 19.4 Å². The molecule has 0 saturated carbocycles. The summed E-state index contributed by atoms with van der Waals surface area (Å²) in [6, 6.07) is 0. The normalized spacial score (nSPS) is 17.4. The van der Waals surface area contributed by atoms with Gasteiger partial charge in [0.1, 0.15) is 6.73 Å². The number of amides is 1. The number of hydrogen-bond donors (Lipinski definition) is 0. The number of carbonyl (C=O) groups is 1. The molecule has 1 amide bonds. The Labute approximate surface area is 67.3 Å². The smallest absolute Gasteiger partial charge is 0.224 e. The Balaban J connectivity index is 2.17. The zero-order valence-electron chi connectivity index (χ0n) is 7.01. The molecule has 64 valence electrons.